The van der Waals surface area contributed by atoms with Crippen molar-refractivity contribution in [2.75, 3.05) is 31.6 Å². The number of carbonyl (C=O) groups excluding carboxylic acids is 1. The summed E-state index contributed by atoms with van der Waals surface area (Å²) in [5.41, 5.74) is 2.61. The number of hydrogen-bond acceptors (Lipinski definition) is 7. The first-order valence-corrected chi connectivity index (χ1v) is 12.0. The van der Waals surface area contributed by atoms with Crippen molar-refractivity contribution in [3.8, 4) is 5.69 Å². The summed E-state index contributed by atoms with van der Waals surface area (Å²) in [6.07, 6.45) is 0. The van der Waals surface area contributed by atoms with E-state index in [1.807, 2.05) is 42.6 Å². The summed E-state index contributed by atoms with van der Waals surface area (Å²) in [4.78, 5) is 21.3. The molecule has 3 aromatic heterocycles. The molecule has 0 atom stereocenters. The Morgan fingerprint density at radius 2 is 2.10 bits per heavy atom. The molecule has 1 fully saturated rings. The summed E-state index contributed by atoms with van der Waals surface area (Å²) in [5.74, 6) is -0.168. The number of nitrogens with zero attached hydrogens (tertiary/aromatic N) is 4. The molecule has 1 amide bonds. The molecule has 5 rings (SSSR count). The fraction of sp³-hybridized carbons (Fsp3) is 0.286. The Bertz CT molecular complexity index is 1240. The molecule has 4 heterocycles. The average molecular weight is 474 g/mol. The van der Waals surface area contributed by atoms with Gasteiger partial charge in [-0.1, -0.05) is 23.7 Å². The maximum Gasteiger partial charge on any atom is 0.267 e. The second-order valence-corrected chi connectivity index (χ2v) is 9.56. The minimum Gasteiger partial charge on any atom is -0.379 e. The van der Waals surface area contributed by atoms with Gasteiger partial charge in [0.2, 0.25) is 0 Å². The summed E-state index contributed by atoms with van der Waals surface area (Å²) in [7, 11) is 0. The third-order valence-corrected chi connectivity index (χ3v) is 7.35. The molecule has 1 aliphatic rings. The fourth-order valence-electron chi connectivity index (χ4n) is 3.53. The molecule has 0 spiro atoms. The minimum atomic E-state index is -0.168. The Balaban J connectivity index is 1.35. The molecule has 0 aliphatic carbocycles. The number of rotatable bonds is 5. The van der Waals surface area contributed by atoms with Crippen LogP contribution in [0.3, 0.4) is 0 Å². The summed E-state index contributed by atoms with van der Waals surface area (Å²) in [6.45, 7) is 6.02. The lowest BCUT2D eigenvalue weighted by Gasteiger charge is -2.25. The number of benzene rings is 1. The van der Waals surface area contributed by atoms with Gasteiger partial charge in [-0.2, -0.15) is 5.10 Å². The molecule has 31 heavy (non-hydrogen) atoms. The lowest BCUT2D eigenvalue weighted by molar-refractivity contribution is 0.0337. The number of halogens is 1. The Morgan fingerprint density at radius 1 is 1.29 bits per heavy atom. The topological polar surface area (TPSA) is 72.3 Å². The van der Waals surface area contributed by atoms with Crippen molar-refractivity contribution in [3.63, 3.8) is 0 Å². The van der Waals surface area contributed by atoms with Crippen LogP contribution in [-0.2, 0) is 11.3 Å². The molecule has 1 aromatic carbocycles. The van der Waals surface area contributed by atoms with Crippen LogP contribution >= 0.6 is 34.3 Å². The first kappa shape index (κ1) is 20.6. The van der Waals surface area contributed by atoms with Gasteiger partial charge >= 0.3 is 0 Å². The van der Waals surface area contributed by atoms with Gasteiger partial charge in [0.1, 0.15) is 4.83 Å². The Hall–Kier alpha value is -2.30. The van der Waals surface area contributed by atoms with Crippen LogP contribution in [0.5, 0.6) is 0 Å². The van der Waals surface area contributed by atoms with Gasteiger partial charge in [0.05, 0.1) is 40.2 Å². The zero-order valence-corrected chi connectivity index (χ0v) is 19.2. The normalized spacial score (nSPS) is 14.9. The molecule has 4 aromatic rings. The van der Waals surface area contributed by atoms with E-state index in [9.17, 15) is 4.79 Å². The number of fused-ring (bicyclic) bond motifs is 1. The SMILES string of the molecule is Cc1nn(-c2ccccc2Cl)c2sc(C(=O)Nc3nc(CN4CCOCC4)cs3)cc12. The maximum atomic E-state index is 12.9. The van der Waals surface area contributed by atoms with Crippen molar-refractivity contribution >= 4 is 55.5 Å². The van der Waals surface area contributed by atoms with Crippen LogP contribution in [0.25, 0.3) is 15.9 Å². The number of thiazole rings is 1. The fourth-order valence-corrected chi connectivity index (χ4v) is 5.51. The quantitative estimate of drug-likeness (QED) is 0.459. The van der Waals surface area contributed by atoms with E-state index in [1.54, 1.807) is 4.68 Å². The average Bonchev–Trinajstić information content (AvgIpc) is 3.47. The van der Waals surface area contributed by atoms with E-state index in [-0.39, 0.29) is 5.91 Å². The van der Waals surface area contributed by atoms with E-state index < -0.39 is 0 Å². The number of ether oxygens (including phenoxy) is 1. The molecule has 10 heteroatoms. The van der Waals surface area contributed by atoms with Crippen LogP contribution in [-0.4, -0.2) is 51.9 Å². The van der Waals surface area contributed by atoms with E-state index in [4.69, 9.17) is 16.3 Å². The van der Waals surface area contributed by atoms with Crippen molar-refractivity contribution in [1.29, 1.82) is 0 Å². The van der Waals surface area contributed by atoms with E-state index in [2.05, 4.69) is 20.3 Å². The molecule has 0 radical (unpaired) electrons. The van der Waals surface area contributed by atoms with Gasteiger partial charge in [-0.05, 0) is 25.1 Å². The predicted octanol–water partition coefficient (Wildman–Crippen LogP) is 4.59. The molecular formula is C21H20ClN5O2S2. The van der Waals surface area contributed by atoms with Crippen LogP contribution in [0, 0.1) is 6.92 Å². The van der Waals surface area contributed by atoms with Crippen LogP contribution in [0.2, 0.25) is 5.02 Å². The predicted molar refractivity (Wildman–Crippen MR) is 125 cm³/mol. The van der Waals surface area contributed by atoms with Gasteiger partial charge in [-0.25, -0.2) is 9.67 Å². The smallest absolute Gasteiger partial charge is 0.267 e. The molecular weight excluding hydrogens is 454 g/mol. The zero-order chi connectivity index (χ0) is 21.4. The summed E-state index contributed by atoms with van der Waals surface area (Å²) < 4.78 is 7.19. The Morgan fingerprint density at radius 3 is 2.90 bits per heavy atom. The van der Waals surface area contributed by atoms with E-state index in [0.29, 0.717) is 15.0 Å². The van der Waals surface area contributed by atoms with Crippen LogP contribution in [0.15, 0.2) is 35.7 Å². The van der Waals surface area contributed by atoms with Gasteiger partial charge < -0.3 is 4.74 Å². The van der Waals surface area contributed by atoms with Gasteiger partial charge in [0.15, 0.2) is 5.13 Å². The monoisotopic (exact) mass is 473 g/mol. The molecule has 1 N–H and O–H groups in total. The second-order valence-electron chi connectivity index (χ2n) is 7.26. The zero-order valence-electron chi connectivity index (χ0n) is 16.8. The highest BCUT2D eigenvalue weighted by atomic mass is 35.5. The van der Waals surface area contributed by atoms with Gasteiger partial charge in [0, 0.05) is 30.4 Å². The highest BCUT2D eigenvalue weighted by Crippen LogP contribution is 2.33. The molecule has 160 valence electrons. The number of morpholine rings is 1. The number of para-hydroxylation sites is 1. The molecule has 1 saturated heterocycles. The largest absolute Gasteiger partial charge is 0.379 e. The lowest BCUT2D eigenvalue weighted by Crippen LogP contribution is -2.35. The minimum absolute atomic E-state index is 0.168. The van der Waals surface area contributed by atoms with Gasteiger partial charge in [-0.3, -0.25) is 15.0 Å². The summed E-state index contributed by atoms with van der Waals surface area (Å²) in [6, 6.07) is 9.43. The van der Waals surface area contributed by atoms with Crippen molar-refractivity contribution in [2.45, 2.75) is 13.5 Å². The van der Waals surface area contributed by atoms with Crippen LogP contribution in [0.1, 0.15) is 21.1 Å². The van der Waals surface area contributed by atoms with E-state index in [1.165, 1.54) is 22.7 Å². The van der Waals surface area contributed by atoms with E-state index >= 15 is 0 Å². The van der Waals surface area contributed by atoms with E-state index in [0.717, 1.165) is 60.1 Å². The van der Waals surface area contributed by atoms with Crippen molar-refractivity contribution in [2.24, 2.45) is 0 Å². The van der Waals surface area contributed by atoms with Gasteiger partial charge in [0.25, 0.3) is 5.91 Å². The number of hydrogen-bond donors (Lipinski definition) is 1. The summed E-state index contributed by atoms with van der Waals surface area (Å²) >= 11 is 9.20. The first-order chi connectivity index (χ1) is 15.1. The molecule has 0 bridgehead atoms. The third-order valence-electron chi connectivity index (χ3n) is 5.11. The van der Waals surface area contributed by atoms with Crippen molar-refractivity contribution in [3.05, 3.63) is 57.0 Å². The van der Waals surface area contributed by atoms with Crippen LogP contribution in [0.4, 0.5) is 5.13 Å². The van der Waals surface area contributed by atoms with Crippen molar-refractivity contribution < 1.29 is 9.53 Å². The lowest BCUT2D eigenvalue weighted by atomic mass is 10.3. The van der Waals surface area contributed by atoms with Crippen molar-refractivity contribution in [1.82, 2.24) is 19.7 Å². The molecule has 1 aliphatic heterocycles. The number of carbonyl (C=O) groups is 1. The number of amides is 1. The number of nitrogens with one attached hydrogen (secondary N) is 1. The highest BCUT2D eigenvalue weighted by Gasteiger charge is 2.19. The van der Waals surface area contributed by atoms with Gasteiger partial charge in [-0.15, -0.1) is 22.7 Å². The Kier molecular flexibility index (Phi) is 5.77. The number of anilines is 1. The maximum absolute atomic E-state index is 12.9. The van der Waals surface area contributed by atoms with Crippen LogP contribution < -0.4 is 5.32 Å². The number of aryl methyl sites for hydroxylation is 1. The molecule has 0 unspecified atom stereocenters. The highest BCUT2D eigenvalue weighted by molar-refractivity contribution is 7.20. The second kappa shape index (κ2) is 8.68. The standard InChI is InChI=1S/C21H20ClN5O2S2/c1-13-15-10-18(31-20(15)27(25-13)17-5-3-2-4-16(17)22)19(28)24-21-23-14(12-30-21)11-26-6-8-29-9-7-26/h2-5,10,12H,6-9,11H2,1H3,(H,23,24,28). The number of thiophene rings is 1. The molecule has 0 saturated carbocycles. The summed E-state index contributed by atoms with van der Waals surface area (Å²) in [5, 5.41) is 11.7. The molecule has 7 nitrogen and oxygen atoms in total. The first-order valence-electron chi connectivity index (χ1n) is 9.88. The third kappa shape index (κ3) is 4.24. The number of aromatic nitrogens is 3. The Labute approximate surface area is 192 Å².